The van der Waals surface area contributed by atoms with Crippen molar-refractivity contribution in [2.45, 2.75) is 45.3 Å². The van der Waals surface area contributed by atoms with Crippen LogP contribution in [0.5, 0.6) is 5.75 Å². The van der Waals surface area contributed by atoms with Gasteiger partial charge in [-0.2, -0.15) is 0 Å². The molecule has 0 radical (unpaired) electrons. The van der Waals surface area contributed by atoms with Crippen molar-refractivity contribution < 1.29 is 19.1 Å². The van der Waals surface area contributed by atoms with Crippen LogP contribution in [-0.2, 0) is 28.9 Å². The summed E-state index contributed by atoms with van der Waals surface area (Å²) in [7, 11) is 2.98. The van der Waals surface area contributed by atoms with Gasteiger partial charge >= 0.3 is 5.97 Å². The Morgan fingerprint density at radius 1 is 1.15 bits per heavy atom. The molecule has 10 heteroatoms. The van der Waals surface area contributed by atoms with Gasteiger partial charge in [0.25, 0.3) is 0 Å². The van der Waals surface area contributed by atoms with Crippen molar-refractivity contribution in [1.29, 1.82) is 0 Å². The zero-order valence-electron chi connectivity index (χ0n) is 19.4. The molecule has 0 fully saturated rings. The molecule has 2 aromatic heterocycles. The summed E-state index contributed by atoms with van der Waals surface area (Å²) < 4.78 is 12.1. The summed E-state index contributed by atoms with van der Waals surface area (Å²) in [5.74, 6) is 1.14. The number of nitrogens with zero attached hydrogens (tertiary/aromatic N) is 3. The fraction of sp³-hybridized carbons (Fsp3) is 0.391. The molecule has 1 aromatic carbocycles. The molecule has 0 unspecified atom stereocenters. The van der Waals surface area contributed by atoms with E-state index >= 15 is 0 Å². The van der Waals surface area contributed by atoms with Crippen molar-refractivity contribution in [1.82, 2.24) is 14.8 Å². The smallest absolute Gasteiger partial charge is 0.341 e. The first-order chi connectivity index (χ1) is 15.9. The van der Waals surface area contributed by atoms with Gasteiger partial charge in [-0.25, -0.2) is 4.79 Å². The van der Waals surface area contributed by atoms with Crippen LogP contribution >= 0.6 is 23.1 Å². The van der Waals surface area contributed by atoms with Gasteiger partial charge in [-0.15, -0.1) is 21.5 Å². The number of anilines is 1. The SMILES string of the molecule is CCc1c(C)sc(NC(=O)CSc2nnc(Cc3ccc(OC)cc3)n2CC)c1C(=O)OC. The van der Waals surface area contributed by atoms with Crippen molar-refractivity contribution in [3.63, 3.8) is 0 Å². The Kier molecular flexibility index (Phi) is 8.51. The van der Waals surface area contributed by atoms with Crippen LogP contribution in [0.2, 0.25) is 0 Å². The van der Waals surface area contributed by atoms with Gasteiger partial charge in [-0.1, -0.05) is 30.8 Å². The average molecular weight is 489 g/mol. The fourth-order valence-electron chi connectivity index (χ4n) is 3.50. The maximum atomic E-state index is 12.7. The molecule has 2 heterocycles. The number of carbonyl (C=O) groups excluding carboxylic acids is 2. The second-order valence-corrected chi connectivity index (χ2v) is 9.36. The monoisotopic (exact) mass is 488 g/mol. The number of nitrogens with one attached hydrogen (secondary N) is 1. The van der Waals surface area contributed by atoms with Crippen LogP contribution in [0.1, 0.15) is 46.0 Å². The predicted octanol–water partition coefficient (Wildman–Crippen LogP) is 4.35. The highest BCUT2D eigenvalue weighted by atomic mass is 32.2. The minimum atomic E-state index is -0.437. The second-order valence-electron chi connectivity index (χ2n) is 7.19. The van der Waals surface area contributed by atoms with Crippen LogP contribution in [0, 0.1) is 6.92 Å². The number of thiophene rings is 1. The first-order valence-electron chi connectivity index (χ1n) is 10.6. The molecule has 1 amide bonds. The number of hydrogen-bond donors (Lipinski definition) is 1. The molecule has 0 spiro atoms. The lowest BCUT2D eigenvalue weighted by Crippen LogP contribution is -2.16. The van der Waals surface area contributed by atoms with Gasteiger partial charge in [0.15, 0.2) is 5.16 Å². The zero-order valence-corrected chi connectivity index (χ0v) is 21.1. The normalized spacial score (nSPS) is 10.8. The first-order valence-corrected chi connectivity index (χ1v) is 12.4. The van der Waals surface area contributed by atoms with E-state index in [-0.39, 0.29) is 11.7 Å². The molecule has 8 nitrogen and oxygen atoms in total. The Morgan fingerprint density at radius 2 is 1.88 bits per heavy atom. The molecule has 0 aliphatic heterocycles. The summed E-state index contributed by atoms with van der Waals surface area (Å²) in [5, 5.41) is 12.7. The summed E-state index contributed by atoms with van der Waals surface area (Å²) in [6.07, 6.45) is 1.32. The van der Waals surface area contributed by atoms with Crippen LogP contribution in [0.25, 0.3) is 0 Å². The molecule has 176 valence electrons. The van der Waals surface area contributed by atoms with E-state index in [1.807, 2.05) is 49.6 Å². The highest BCUT2D eigenvalue weighted by Crippen LogP contribution is 2.34. The number of thioether (sulfide) groups is 1. The van der Waals surface area contributed by atoms with Gasteiger partial charge in [0.1, 0.15) is 16.6 Å². The van der Waals surface area contributed by atoms with Crippen LogP contribution < -0.4 is 10.1 Å². The van der Waals surface area contributed by atoms with E-state index in [2.05, 4.69) is 15.5 Å². The maximum absolute atomic E-state index is 12.7. The van der Waals surface area contributed by atoms with E-state index in [1.165, 1.54) is 30.2 Å². The summed E-state index contributed by atoms with van der Waals surface area (Å²) in [4.78, 5) is 25.9. The average Bonchev–Trinajstić information content (AvgIpc) is 3.36. The lowest BCUT2D eigenvalue weighted by molar-refractivity contribution is -0.113. The Labute approximate surface area is 201 Å². The van der Waals surface area contributed by atoms with Crippen LogP contribution in [0.15, 0.2) is 29.4 Å². The highest BCUT2D eigenvalue weighted by molar-refractivity contribution is 7.99. The molecular weight excluding hydrogens is 460 g/mol. The van der Waals surface area contributed by atoms with E-state index in [0.717, 1.165) is 27.6 Å². The van der Waals surface area contributed by atoms with Gasteiger partial charge < -0.3 is 19.4 Å². The number of ether oxygens (including phenoxy) is 2. The summed E-state index contributed by atoms with van der Waals surface area (Å²) in [6.45, 7) is 6.63. The van der Waals surface area contributed by atoms with Crippen molar-refractivity contribution in [3.05, 3.63) is 51.7 Å². The van der Waals surface area contributed by atoms with Crippen molar-refractivity contribution >= 4 is 40.0 Å². The third-order valence-electron chi connectivity index (χ3n) is 5.17. The summed E-state index contributed by atoms with van der Waals surface area (Å²) in [6, 6.07) is 7.84. The molecule has 3 aromatic rings. The van der Waals surface area contributed by atoms with Gasteiger partial charge in [0.05, 0.1) is 25.5 Å². The van der Waals surface area contributed by atoms with Crippen molar-refractivity contribution in [3.8, 4) is 5.75 Å². The number of esters is 1. The molecule has 0 saturated carbocycles. The van der Waals surface area contributed by atoms with Crippen LogP contribution in [0.3, 0.4) is 0 Å². The van der Waals surface area contributed by atoms with Crippen molar-refractivity contribution in [2.24, 2.45) is 0 Å². The van der Waals surface area contributed by atoms with Gasteiger partial charge in [-0.3, -0.25) is 4.79 Å². The minimum absolute atomic E-state index is 0.152. The highest BCUT2D eigenvalue weighted by Gasteiger charge is 2.23. The number of amides is 1. The van der Waals surface area contributed by atoms with E-state index in [1.54, 1.807) is 7.11 Å². The largest absolute Gasteiger partial charge is 0.497 e. The maximum Gasteiger partial charge on any atom is 0.341 e. The Hall–Kier alpha value is -2.85. The number of aromatic nitrogens is 3. The molecule has 33 heavy (non-hydrogen) atoms. The summed E-state index contributed by atoms with van der Waals surface area (Å²) >= 11 is 2.71. The Bertz CT molecular complexity index is 1120. The quantitative estimate of drug-likeness (QED) is 0.335. The van der Waals surface area contributed by atoms with Crippen LogP contribution in [0.4, 0.5) is 5.00 Å². The first kappa shape index (κ1) is 24.8. The van der Waals surface area contributed by atoms with E-state index in [0.29, 0.717) is 35.1 Å². The van der Waals surface area contributed by atoms with E-state index < -0.39 is 5.97 Å². The molecule has 0 aliphatic rings. The van der Waals surface area contributed by atoms with Gasteiger partial charge in [-0.05, 0) is 43.5 Å². The standard InChI is InChI=1S/C23H28N4O4S2/c1-6-17-14(3)33-21(20(17)22(29)31-5)24-19(28)13-32-23-26-25-18(27(23)7-2)12-15-8-10-16(30-4)11-9-15/h8-11H,6-7,12-13H2,1-5H3,(H,24,28). The molecule has 0 bridgehead atoms. The number of carbonyl (C=O) groups is 2. The number of hydrogen-bond acceptors (Lipinski definition) is 8. The number of benzene rings is 1. The molecule has 0 aliphatic carbocycles. The molecule has 0 atom stereocenters. The molecule has 1 N–H and O–H groups in total. The van der Waals surface area contributed by atoms with E-state index in [9.17, 15) is 9.59 Å². The lowest BCUT2D eigenvalue weighted by atomic mass is 10.1. The zero-order chi connectivity index (χ0) is 24.0. The second kappa shape index (κ2) is 11.3. The molecule has 0 saturated heterocycles. The Balaban J connectivity index is 1.68. The third-order valence-corrected chi connectivity index (χ3v) is 7.20. The summed E-state index contributed by atoms with van der Waals surface area (Å²) in [5.41, 5.74) is 2.45. The lowest BCUT2D eigenvalue weighted by Gasteiger charge is -2.09. The van der Waals surface area contributed by atoms with Gasteiger partial charge in [0, 0.05) is 17.8 Å². The minimum Gasteiger partial charge on any atom is -0.497 e. The van der Waals surface area contributed by atoms with Gasteiger partial charge in [0.2, 0.25) is 5.91 Å². The third kappa shape index (κ3) is 5.75. The van der Waals surface area contributed by atoms with Crippen LogP contribution in [-0.4, -0.2) is 46.6 Å². The van der Waals surface area contributed by atoms with Crippen molar-refractivity contribution in [2.75, 3.05) is 25.3 Å². The van der Waals surface area contributed by atoms with E-state index in [4.69, 9.17) is 9.47 Å². The molecular formula is C23H28N4O4S2. The Morgan fingerprint density at radius 3 is 2.48 bits per heavy atom. The number of rotatable bonds is 10. The topological polar surface area (TPSA) is 95.3 Å². The number of methoxy groups -OCH3 is 2. The number of aryl methyl sites for hydroxylation is 1. The predicted molar refractivity (Wildman–Crippen MR) is 131 cm³/mol. The molecule has 3 rings (SSSR count). The fourth-order valence-corrected chi connectivity index (χ4v) is 5.47.